The van der Waals surface area contributed by atoms with Crippen molar-refractivity contribution in [3.05, 3.63) is 53.8 Å². The monoisotopic (exact) mass is 256 g/mol. The van der Waals surface area contributed by atoms with E-state index in [9.17, 15) is 0 Å². The highest BCUT2D eigenvalue weighted by atomic mass is 28.3. The van der Waals surface area contributed by atoms with Crippen molar-refractivity contribution in [2.75, 3.05) is 0 Å². The Balaban J connectivity index is 1.83. The van der Waals surface area contributed by atoms with Crippen LogP contribution in [0.3, 0.4) is 0 Å². The van der Waals surface area contributed by atoms with Gasteiger partial charge in [-0.3, -0.25) is 0 Å². The number of allylic oxidation sites excluding steroid dienone is 2. The van der Waals surface area contributed by atoms with Crippen LogP contribution in [0.2, 0.25) is 13.1 Å². The lowest BCUT2D eigenvalue weighted by Gasteiger charge is -2.23. The fraction of sp³-hybridized carbons (Fsp3) is 0.286. The zero-order valence-corrected chi connectivity index (χ0v) is 11.9. The number of hydrogen-bond acceptors (Lipinski definition) is 2. The van der Waals surface area contributed by atoms with E-state index in [0.29, 0.717) is 0 Å². The normalized spacial score (nSPS) is 26.4. The van der Waals surface area contributed by atoms with Crippen LogP contribution in [-0.4, -0.2) is 28.1 Å². The molecule has 2 aliphatic rings. The van der Waals surface area contributed by atoms with Gasteiger partial charge in [-0.2, -0.15) is 0 Å². The molecular formula is C14H17BO2Si. The highest BCUT2D eigenvalue weighted by Gasteiger charge is 2.42. The Morgan fingerprint density at radius 1 is 1.11 bits per heavy atom. The van der Waals surface area contributed by atoms with Gasteiger partial charge in [0.25, 0.3) is 0 Å². The molecule has 1 saturated heterocycles. The van der Waals surface area contributed by atoms with Crippen LogP contribution in [-0.2, 0) is 9.31 Å². The lowest BCUT2D eigenvalue weighted by molar-refractivity contribution is 0.228. The molecule has 0 N–H and O–H groups in total. The van der Waals surface area contributed by atoms with Crippen LogP contribution in [0.1, 0.15) is 0 Å². The molecule has 0 saturated carbocycles. The molecule has 3 rings (SSSR count). The minimum Gasteiger partial charge on any atom is -0.398 e. The molecule has 2 atom stereocenters. The van der Waals surface area contributed by atoms with E-state index in [4.69, 9.17) is 9.31 Å². The van der Waals surface area contributed by atoms with E-state index in [1.54, 1.807) is 0 Å². The Hall–Kier alpha value is -1.10. The topological polar surface area (TPSA) is 18.5 Å². The van der Waals surface area contributed by atoms with E-state index in [1.807, 2.05) is 18.2 Å². The fourth-order valence-corrected chi connectivity index (χ4v) is 3.95. The van der Waals surface area contributed by atoms with Crippen LogP contribution >= 0.6 is 0 Å². The Morgan fingerprint density at radius 2 is 1.89 bits per heavy atom. The van der Waals surface area contributed by atoms with Crippen LogP contribution < -0.4 is 5.46 Å². The third-order valence-electron chi connectivity index (χ3n) is 3.51. The summed E-state index contributed by atoms with van der Waals surface area (Å²) < 4.78 is 12.1. The first kappa shape index (κ1) is 12.0. The summed E-state index contributed by atoms with van der Waals surface area (Å²) in [7, 11) is -1.06. The van der Waals surface area contributed by atoms with Gasteiger partial charge in [0.1, 0.15) is 0 Å². The second-order valence-corrected chi connectivity index (χ2v) is 8.08. The third-order valence-corrected chi connectivity index (χ3v) is 5.36. The maximum atomic E-state index is 6.12. The van der Waals surface area contributed by atoms with Crippen molar-refractivity contribution in [3.63, 3.8) is 0 Å². The molecule has 4 heteroatoms. The SMILES string of the molecule is C[SiH](C)C1=CC=C[C@@H]2OB(c3ccccc3)O[C@H]12. The number of benzene rings is 1. The third kappa shape index (κ3) is 2.11. The van der Waals surface area contributed by atoms with Gasteiger partial charge in [-0.1, -0.05) is 66.9 Å². The standard InChI is InChI=1S/C14H17BO2Si/c1-18(2)13-10-6-9-12-14(13)17-15(16-12)11-7-4-3-5-8-11/h3-10,12,14,18H,1-2H3/t12-,14-/m0/s1. The summed E-state index contributed by atoms with van der Waals surface area (Å²) in [6, 6.07) is 10.2. The van der Waals surface area contributed by atoms with Crippen molar-refractivity contribution < 1.29 is 9.31 Å². The molecule has 1 fully saturated rings. The molecule has 1 aromatic carbocycles. The molecule has 1 aromatic rings. The quantitative estimate of drug-likeness (QED) is 0.750. The number of fused-ring (bicyclic) bond motifs is 1. The Kier molecular flexibility index (Phi) is 3.24. The molecular weight excluding hydrogens is 239 g/mol. The summed E-state index contributed by atoms with van der Waals surface area (Å²) in [5.41, 5.74) is 1.10. The predicted molar refractivity (Wildman–Crippen MR) is 77.7 cm³/mol. The summed E-state index contributed by atoms with van der Waals surface area (Å²) in [6.07, 6.45) is 6.65. The largest absolute Gasteiger partial charge is 0.494 e. The summed E-state index contributed by atoms with van der Waals surface area (Å²) >= 11 is 0. The van der Waals surface area contributed by atoms with Crippen molar-refractivity contribution in [1.29, 1.82) is 0 Å². The first-order valence-electron chi connectivity index (χ1n) is 6.50. The predicted octanol–water partition coefficient (Wildman–Crippen LogP) is 1.69. The van der Waals surface area contributed by atoms with Crippen LogP contribution in [0.5, 0.6) is 0 Å². The first-order chi connectivity index (χ1) is 8.75. The van der Waals surface area contributed by atoms with Crippen molar-refractivity contribution in [3.8, 4) is 0 Å². The molecule has 1 heterocycles. The van der Waals surface area contributed by atoms with Gasteiger partial charge in [-0.15, -0.1) is 0 Å². The Bertz CT molecular complexity index is 484. The zero-order chi connectivity index (χ0) is 12.5. The summed E-state index contributed by atoms with van der Waals surface area (Å²) in [6.45, 7) is 4.67. The van der Waals surface area contributed by atoms with E-state index in [1.165, 1.54) is 5.20 Å². The molecule has 0 unspecified atom stereocenters. The molecule has 0 amide bonds. The molecule has 0 aromatic heterocycles. The average Bonchev–Trinajstić information content (AvgIpc) is 2.83. The van der Waals surface area contributed by atoms with Crippen LogP contribution in [0.4, 0.5) is 0 Å². The second-order valence-electron chi connectivity index (χ2n) is 5.11. The van der Waals surface area contributed by atoms with Gasteiger partial charge in [-0.05, 0) is 5.46 Å². The molecule has 1 aliphatic heterocycles. The summed E-state index contributed by atoms with van der Waals surface area (Å²) in [5.74, 6) is 0. The van der Waals surface area contributed by atoms with Crippen molar-refractivity contribution >= 4 is 21.4 Å². The number of rotatable bonds is 2. The summed E-state index contributed by atoms with van der Waals surface area (Å²) in [4.78, 5) is 0. The lowest BCUT2D eigenvalue weighted by Crippen LogP contribution is -2.33. The summed E-state index contributed by atoms with van der Waals surface area (Å²) in [5, 5.41) is 1.46. The van der Waals surface area contributed by atoms with Crippen molar-refractivity contribution in [1.82, 2.24) is 0 Å². The fourth-order valence-electron chi connectivity index (χ4n) is 2.53. The second kappa shape index (κ2) is 4.88. The van der Waals surface area contributed by atoms with E-state index in [0.717, 1.165) is 5.46 Å². The minimum absolute atomic E-state index is 0.0881. The van der Waals surface area contributed by atoms with Crippen LogP contribution in [0, 0.1) is 0 Å². The molecule has 0 spiro atoms. The molecule has 18 heavy (non-hydrogen) atoms. The maximum Gasteiger partial charge on any atom is 0.494 e. The zero-order valence-electron chi connectivity index (χ0n) is 10.7. The van der Waals surface area contributed by atoms with Gasteiger partial charge < -0.3 is 9.31 Å². The van der Waals surface area contributed by atoms with E-state index in [2.05, 4.69) is 43.5 Å². The molecule has 0 radical (unpaired) electrons. The van der Waals surface area contributed by atoms with Gasteiger partial charge in [0.15, 0.2) is 0 Å². The first-order valence-corrected chi connectivity index (χ1v) is 9.38. The highest BCUT2D eigenvalue weighted by Crippen LogP contribution is 2.28. The minimum atomic E-state index is -0.842. The van der Waals surface area contributed by atoms with E-state index >= 15 is 0 Å². The lowest BCUT2D eigenvalue weighted by atomic mass is 9.79. The number of hydrogen-bond donors (Lipinski definition) is 0. The van der Waals surface area contributed by atoms with Gasteiger partial charge in [0.2, 0.25) is 0 Å². The van der Waals surface area contributed by atoms with Gasteiger partial charge in [0, 0.05) is 0 Å². The Morgan fingerprint density at radius 3 is 2.61 bits per heavy atom. The van der Waals surface area contributed by atoms with Crippen LogP contribution in [0.15, 0.2) is 53.8 Å². The maximum absolute atomic E-state index is 6.12. The van der Waals surface area contributed by atoms with Gasteiger partial charge in [0.05, 0.1) is 21.0 Å². The molecule has 1 aliphatic carbocycles. The van der Waals surface area contributed by atoms with Gasteiger partial charge in [-0.25, -0.2) is 0 Å². The van der Waals surface area contributed by atoms with Crippen LogP contribution in [0.25, 0.3) is 0 Å². The van der Waals surface area contributed by atoms with E-state index in [-0.39, 0.29) is 19.3 Å². The van der Waals surface area contributed by atoms with Crippen molar-refractivity contribution in [2.24, 2.45) is 0 Å². The smallest absolute Gasteiger partial charge is 0.398 e. The molecule has 0 bridgehead atoms. The van der Waals surface area contributed by atoms with Gasteiger partial charge >= 0.3 is 7.12 Å². The highest BCUT2D eigenvalue weighted by molar-refractivity contribution is 6.65. The Labute approximate surface area is 110 Å². The van der Waals surface area contributed by atoms with E-state index < -0.39 is 8.80 Å². The molecule has 92 valence electrons. The molecule has 2 nitrogen and oxygen atoms in total. The average molecular weight is 256 g/mol. The van der Waals surface area contributed by atoms with Crippen molar-refractivity contribution in [2.45, 2.75) is 25.3 Å².